The standard InChI is InChI=1S/C28H37N5OS/c1-5-21(2)27(24-13-6-7-15-26(24)35-4)33-19-17-32(18-20-33)16-9-8-11-23-12-10-14-25(30-23)28-29-22(3)31-34-28/h6-7,10,12-15H,5,8-9,11,16-20H2,1-4H3. The van der Waals surface area contributed by atoms with Crippen LogP contribution in [0.2, 0.25) is 0 Å². The van der Waals surface area contributed by atoms with E-state index in [0.717, 1.165) is 63.4 Å². The molecule has 2 aromatic heterocycles. The van der Waals surface area contributed by atoms with Crippen LogP contribution in [0.3, 0.4) is 0 Å². The number of hydrogen-bond acceptors (Lipinski definition) is 7. The normalized spacial score (nSPS) is 15.4. The first-order chi connectivity index (χ1) is 17.1. The Hall–Kier alpha value is -2.64. The highest BCUT2D eigenvalue weighted by Crippen LogP contribution is 2.32. The Morgan fingerprint density at radius 3 is 2.51 bits per heavy atom. The zero-order valence-corrected chi connectivity index (χ0v) is 22.3. The van der Waals surface area contributed by atoms with E-state index in [1.54, 1.807) is 0 Å². The zero-order valence-electron chi connectivity index (χ0n) is 21.5. The Morgan fingerprint density at radius 1 is 1.00 bits per heavy atom. The Morgan fingerprint density at radius 2 is 1.80 bits per heavy atom. The first-order valence-electron chi connectivity index (χ1n) is 12.7. The van der Waals surface area contributed by atoms with Gasteiger partial charge in [-0.05, 0) is 76.1 Å². The van der Waals surface area contributed by atoms with Gasteiger partial charge in [0.2, 0.25) is 0 Å². The van der Waals surface area contributed by atoms with Crippen molar-refractivity contribution < 1.29 is 4.52 Å². The lowest BCUT2D eigenvalue weighted by Crippen LogP contribution is -2.45. The number of piperazine rings is 1. The number of aromatic nitrogens is 3. The van der Waals surface area contributed by atoms with Crippen molar-refractivity contribution in [2.75, 3.05) is 39.0 Å². The maximum absolute atomic E-state index is 5.26. The second-order valence-electron chi connectivity index (χ2n) is 9.13. The molecule has 186 valence electrons. The molecule has 0 spiro atoms. The Labute approximate surface area is 213 Å². The Kier molecular flexibility index (Phi) is 8.99. The van der Waals surface area contributed by atoms with Crippen molar-refractivity contribution in [3.63, 3.8) is 0 Å². The smallest absolute Gasteiger partial charge is 0.276 e. The van der Waals surface area contributed by atoms with E-state index in [1.807, 2.05) is 30.8 Å². The summed E-state index contributed by atoms with van der Waals surface area (Å²) < 4.78 is 5.26. The van der Waals surface area contributed by atoms with E-state index in [4.69, 9.17) is 9.51 Å². The molecule has 1 aliphatic heterocycles. The summed E-state index contributed by atoms with van der Waals surface area (Å²) in [5.74, 6) is 1.13. The molecule has 0 saturated carbocycles. The van der Waals surface area contributed by atoms with Crippen LogP contribution in [-0.2, 0) is 6.42 Å². The van der Waals surface area contributed by atoms with Crippen molar-refractivity contribution in [1.29, 1.82) is 0 Å². The summed E-state index contributed by atoms with van der Waals surface area (Å²) in [5.41, 5.74) is 6.15. The molecule has 1 aromatic carbocycles. The molecule has 1 aliphatic rings. The fourth-order valence-electron chi connectivity index (χ4n) is 4.65. The number of aryl methyl sites for hydroxylation is 2. The minimum atomic E-state index is 0.495. The third kappa shape index (κ3) is 6.53. The van der Waals surface area contributed by atoms with E-state index in [-0.39, 0.29) is 0 Å². The molecule has 4 rings (SSSR count). The van der Waals surface area contributed by atoms with Crippen molar-refractivity contribution in [1.82, 2.24) is 24.9 Å². The number of hydrogen-bond donors (Lipinski definition) is 0. The number of benzene rings is 1. The van der Waals surface area contributed by atoms with Gasteiger partial charge in [0, 0.05) is 48.0 Å². The molecule has 0 unspecified atom stereocenters. The van der Waals surface area contributed by atoms with Gasteiger partial charge in [-0.3, -0.25) is 4.90 Å². The monoisotopic (exact) mass is 491 g/mol. The van der Waals surface area contributed by atoms with Crippen molar-refractivity contribution in [2.24, 2.45) is 0 Å². The lowest BCUT2D eigenvalue weighted by molar-refractivity contribution is 0.172. The summed E-state index contributed by atoms with van der Waals surface area (Å²) in [7, 11) is 0. The Balaban J connectivity index is 1.27. The highest BCUT2D eigenvalue weighted by Gasteiger charge is 2.22. The summed E-state index contributed by atoms with van der Waals surface area (Å²) in [6, 6.07) is 14.9. The number of rotatable bonds is 10. The fourth-order valence-corrected chi connectivity index (χ4v) is 5.25. The van der Waals surface area contributed by atoms with Gasteiger partial charge in [-0.2, -0.15) is 4.98 Å². The first-order valence-corrected chi connectivity index (χ1v) is 13.9. The molecule has 0 amide bonds. The zero-order chi connectivity index (χ0) is 24.6. The average Bonchev–Trinajstić information content (AvgIpc) is 3.34. The maximum Gasteiger partial charge on any atom is 0.276 e. The number of nitrogens with zero attached hydrogens (tertiary/aromatic N) is 5. The highest BCUT2D eigenvalue weighted by atomic mass is 32.2. The van der Waals surface area contributed by atoms with Crippen molar-refractivity contribution in [3.8, 4) is 11.6 Å². The summed E-state index contributed by atoms with van der Waals surface area (Å²) in [6.07, 6.45) is 6.53. The molecule has 1 saturated heterocycles. The second-order valence-corrected chi connectivity index (χ2v) is 9.98. The van der Waals surface area contributed by atoms with Crippen LogP contribution in [-0.4, -0.2) is 63.9 Å². The van der Waals surface area contributed by atoms with Crippen LogP contribution < -0.4 is 0 Å². The van der Waals surface area contributed by atoms with Crippen LogP contribution in [0, 0.1) is 6.92 Å². The number of thioether (sulfide) groups is 1. The van der Waals surface area contributed by atoms with Gasteiger partial charge in [0.1, 0.15) is 5.69 Å². The topological polar surface area (TPSA) is 58.3 Å². The van der Waals surface area contributed by atoms with Gasteiger partial charge < -0.3 is 9.42 Å². The van der Waals surface area contributed by atoms with Crippen LogP contribution >= 0.6 is 11.8 Å². The number of allylic oxidation sites excluding steroid dienone is 1. The quantitative estimate of drug-likeness (QED) is 0.257. The van der Waals surface area contributed by atoms with Gasteiger partial charge in [-0.15, -0.1) is 11.8 Å². The van der Waals surface area contributed by atoms with E-state index in [2.05, 4.69) is 70.4 Å². The lowest BCUT2D eigenvalue weighted by Gasteiger charge is -2.38. The molecule has 35 heavy (non-hydrogen) atoms. The molecule has 7 heteroatoms. The van der Waals surface area contributed by atoms with Crippen LogP contribution in [0.15, 0.2) is 57.5 Å². The van der Waals surface area contributed by atoms with Gasteiger partial charge in [0.25, 0.3) is 5.89 Å². The molecule has 0 N–H and O–H groups in total. The lowest BCUT2D eigenvalue weighted by atomic mass is 10.0. The highest BCUT2D eigenvalue weighted by molar-refractivity contribution is 7.98. The molecule has 0 atom stereocenters. The molecular formula is C28H37N5OS. The third-order valence-corrected chi connectivity index (χ3v) is 7.49. The molecule has 0 radical (unpaired) electrons. The van der Waals surface area contributed by atoms with Crippen molar-refractivity contribution in [3.05, 3.63) is 65.1 Å². The number of unbranched alkanes of at least 4 members (excludes halogenated alkanes) is 1. The Bertz CT molecular complexity index is 1130. The largest absolute Gasteiger partial charge is 0.368 e. The predicted octanol–water partition coefficient (Wildman–Crippen LogP) is 5.94. The van der Waals surface area contributed by atoms with E-state index in [0.29, 0.717) is 11.7 Å². The van der Waals surface area contributed by atoms with Gasteiger partial charge >= 0.3 is 0 Å². The predicted molar refractivity (Wildman–Crippen MR) is 144 cm³/mol. The molecule has 3 heterocycles. The van der Waals surface area contributed by atoms with Gasteiger partial charge in [0.05, 0.1) is 0 Å². The van der Waals surface area contributed by atoms with Gasteiger partial charge in [0.15, 0.2) is 5.82 Å². The summed E-state index contributed by atoms with van der Waals surface area (Å²) in [6.45, 7) is 11.9. The third-order valence-electron chi connectivity index (χ3n) is 6.70. The van der Waals surface area contributed by atoms with E-state index >= 15 is 0 Å². The molecule has 6 nitrogen and oxygen atoms in total. The van der Waals surface area contributed by atoms with Gasteiger partial charge in [-0.25, -0.2) is 4.98 Å². The van der Waals surface area contributed by atoms with E-state index < -0.39 is 0 Å². The van der Waals surface area contributed by atoms with Crippen molar-refractivity contribution >= 4 is 17.5 Å². The molecule has 0 bridgehead atoms. The van der Waals surface area contributed by atoms with E-state index in [9.17, 15) is 0 Å². The van der Waals surface area contributed by atoms with E-state index in [1.165, 1.54) is 28.1 Å². The fraction of sp³-hybridized carbons (Fsp3) is 0.464. The second kappa shape index (κ2) is 12.4. The summed E-state index contributed by atoms with van der Waals surface area (Å²) >= 11 is 1.84. The minimum Gasteiger partial charge on any atom is -0.368 e. The minimum absolute atomic E-state index is 0.495. The number of pyridine rings is 1. The van der Waals surface area contributed by atoms with Crippen LogP contribution in [0.4, 0.5) is 0 Å². The SMILES string of the molecule is CCC(C)=C(c1ccccc1SC)N1CCN(CCCCc2cccc(-c3nc(C)no3)n2)CC1. The van der Waals surface area contributed by atoms with Crippen LogP contribution in [0.5, 0.6) is 0 Å². The molecule has 0 aliphatic carbocycles. The summed E-state index contributed by atoms with van der Waals surface area (Å²) in [4.78, 5) is 15.6. The van der Waals surface area contributed by atoms with Crippen molar-refractivity contribution in [2.45, 2.75) is 51.3 Å². The molecule has 3 aromatic rings. The average molecular weight is 492 g/mol. The summed E-state index contributed by atoms with van der Waals surface area (Å²) in [5, 5.41) is 3.87. The molecular weight excluding hydrogens is 454 g/mol. The van der Waals surface area contributed by atoms with Crippen LogP contribution in [0.25, 0.3) is 17.3 Å². The van der Waals surface area contributed by atoms with Gasteiger partial charge in [-0.1, -0.05) is 36.3 Å². The molecule has 1 fully saturated rings. The maximum atomic E-state index is 5.26. The van der Waals surface area contributed by atoms with Crippen LogP contribution in [0.1, 0.15) is 50.2 Å². The first kappa shape index (κ1) is 25.5.